The van der Waals surface area contributed by atoms with Crippen LogP contribution in [-0.2, 0) is 18.9 Å². The Bertz CT molecular complexity index is 417. The molecule has 0 saturated heterocycles. The van der Waals surface area contributed by atoms with Gasteiger partial charge in [-0.25, -0.2) is 10.1 Å². The first-order valence-electron chi connectivity index (χ1n) is 6.72. The lowest BCUT2D eigenvalue weighted by Crippen LogP contribution is -2.29. The van der Waals surface area contributed by atoms with Gasteiger partial charge in [0, 0.05) is 12.0 Å². The molecule has 21 heavy (non-hydrogen) atoms. The Balaban J connectivity index is 1.83. The predicted molar refractivity (Wildman–Crippen MR) is 71.0 cm³/mol. The third-order valence-electron chi connectivity index (χ3n) is 4.23. The minimum atomic E-state index is -3.12. The van der Waals surface area contributed by atoms with Crippen LogP contribution in [0.5, 0.6) is 0 Å². The van der Waals surface area contributed by atoms with Crippen molar-refractivity contribution in [2.75, 3.05) is 0 Å². The van der Waals surface area contributed by atoms with E-state index in [0.717, 1.165) is 6.42 Å². The van der Waals surface area contributed by atoms with Gasteiger partial charge >= 0.3 is 11.2 Å². The molecule has 0 aromatic rings. The van der Waals surface area contributed by atoms with E-state index in [1.54, 1.807) is 6.92 Å². The molecular formula is C13H18F2O5S. The number of alkyl halides is 2. The highest BCUT2D eigenvalue weighted by Crippen LogP contribution is 2.53. The summed E-state index contributed by atoms with van der Waals surface area (Å²) >= 11 is -0.194. The highest BCUT2D eigenvalue weighted by Gasteiger charge is 2.50. The molecule has 4 unspecified atom stereocenters. The van der Waals surface area contributed by atoms with E-state index in [0.29, 0.717) is 18.4 Å². The van der Waals surface area contributed by atoms with Crippen LogP contribution >= 0.6 is 12.0 Å². The zero-order chi connectivity index (χ0) is 15.6. The van der Waals surface area contributed by atoms with E-state index in [1.807, 2.05) is 0 Å². The van der Waals surface area contributed by atoms with Crippen molar-refractivity contribution in [3.05, 3.63) is 12.2 Å². The fraction of sp³-hybridized carbons (Fsp3) is 0.769. The Morgan fingerprint density at radius 2 is 2.10 bits per heavy atom. The Morgan fingerprint density at radius 3 is 2.62 bits per heavy atom. The summed E-state index contributed by atoms with van der Waals surface area (Å²) in [5.74, 6) is -0.295. The lowest BCUT2D eigenvalue weighted by atomic mass is 9.85. The summed E-state index contributed by atoms with van der Waals surface area (Å²) in [4.78, 5) is 11.5. The van der Waals surface area contributed by atoms with E-state index in [2.05, 4.69) is 16.0 Å². The standard InChI is InChI=1S/C13H18F2O5S/c1-7(2)12(16)18-11-5-8-3-9(11)4-10(8)6-13(14,15)21-20-19-17/h8-11,17H,1,3-6H2,2H3. The van der Waals surface area contributed by atoms with Gasteiger partial charge in [0.25, 0.3) is 0 Å². The second kappa shape index (κ2) is 6.60. The van der Waals surface area contributed by atoms with E-state index in [1.165, 1.54) is 0 Å². The van der Waals surface area contributed by atoms with Crippen molar-refractivity contribution in [1.29, 1.82) is 0 Å². The molecule has 2 saturated carbocycles. The van der Waals surface area contributed by atoms with Crippen LogP contribution in [0.3, 0.4) is 0 Å². The van der Waals surface area contributed by atoms with Crippen molar-refractivity contribution >= 4 is 18.0 Å². The number of esters is 1. The smallest absolute Gasteiger partial charge is 0.333 e. The molecule has 0 spiro atoms. The van der Waals surface area contributed by atoms with E-state index >= 15 is 0 Å². The molecule has 1 N–H and O–H groups in total. The summed E-state index contributed by atoms with van der Waals surface area (Å²) in [7, 11) is 0. The molecule has 8 heteroatoms. The Hall–Kier alpha value is -0.700. The van der Waals surface area contributed by atoms with Crippen LogP contribution in [0.15, 0.2) is 12.2 Å². The molecule has 5 nitrogen and oxygen atoms in total. The third kappa shape index (κ3) is 4.15. The van der Waals surface area contributed by atoms with Crippen molar-refractivity contribution in [2.45, 2.75) is 44.0 Å². The number of hydrogen-bond acceptors (Lipinski definition) is 6. The molecule has 0 aliphatic heterocycles. The van der Waals surface area contributed by atoms with Crippen LogP contribution in [0.4, 0.5) is 8.78 Å². The number of fused-ring (bicyclic) bond motifs is 2. The summed E-state index contributed by atoms with van der Waals surface area (Å²) in [5.41, 5.74) is 0.346. The summed E-state index contributed by atoms with van der Waals surface area (Å²) in [6.45, 7) is 5.11. The molecule has 2 rings (SSSR count). The largest absolute Gasteiger partial charge is 0.459 e. The second-order valence-electron chi connectivity index (χ2n) is 5.78. The Kier molecular flexibility index (Phi) is 5.24. The first-order chi connectivity index (χ1) is 9.82. The number of halogens is 2. The van der Waals surface area contributed by atoms with E-state index < -0.39 is 11.2 Å². The summed E-state index contributed by atoms with van der Waals surface area (Å²) in [6, 6.07) is 0. The van der Waals surface area contributed by atoms with E-state index in [9.17, 15) is 13.6 Å². The topological polar surface area (TPSA) is 65.0 Å². The number of ether oxygens (including phenoxy) is 1. The Labute approximate surface area is 125 Å². The van der Waals surface area contributed by atoms with Crippen LogP contribution < -0.4 is 0 Å². The van der Waals surface area contributed by atoms with Gasteiger partial charge in [-0.1, -0.05) is 11.6 Å². The summed E-state index contributed by atoms with van der Waals surface area (Å²) in [6.07, 6.45) is 1.50. The van der Waals surface area contributed by atoms with Gasteiger partial charge in [-0.2, -0.15) is 8.78 Å². The summed E-state index contributed by atoms with van der Waals surface area (Å²) in [5, 5.41) is 8.01. The number of carbonyl (C=O) groups excluding carboxylic acids is 1. The zero-order valence-electron chi connectivity index (χ0n) is 11.6. The predicted octanol–water partition coefficient (Wildman–Crippen LogP) is 3.57. The minimum absolute atomic E-state index is 0.124. The lowest BCUT2D eigenvalue weighted by Gasteiger charge is -2.29. The van der Waals surface area contributed by atoms with Crippen LogP contribution in [0.25, 0.3) is 0 Å². The molecular weight excluding hydrogens is 306 g/mol. The van der Waals surface area contributed by atoms with Gasteiger partial charge in [-0.3, -0.25) is 0 Å². The molecule has 2 aliphatic carbocycles. The molecule has 0 amide bonds. The van der Waals surface area contributed by atoms with Gasteiger partial charge in [0.1, 0.15) is 18.1 Å². The third-order valence-corrected chi connectivity index (χ3v) is 4.77. The average Bonchev–Trinajstić information content (AvgIpc) is 2.95. The number of carbonyl (C=O) groups is 1. The molecule has 2 bridgehead atoms. The number of hydrogen-bond donors (Lipinski definition) is 1. The highest BCUT2D eigenvalue weighted by molar-refractivity contribution is 7.95. The fourth-order valence-corrected chi connectivity index (χ4v) is 3.79. The maximum absolute atomic E-state index is 13.6. The van der Waals surface area contributed by atoms with Crippen molar-refractivity contribution in [1.82, 2.24) is 0 Å². The maximum atomic E-state index is 13.6. The molecule has 2 aliphatic rings. The van der Waals surface area contributed by atoms with E-state index in [4.69, 9.17) is 9.99 Å². The van der Waals surface area contributed by atoms with Crippen LogP contribution in [0, 0.1) is 17.8 Å². The van der Waals surface area contributed by atoms with E-state index in [-0.39, 0.29) is 42.3 Å². The maximum Gasteiger partial charge on any atom is 0.333 e. The second-order valence-corrected chi connectivity index (χ2v) is 6.68. The Morgan fingerprint density at radius 1 is 1.38 bits per heavy atom. The first-order valence-corrected chi connectivity index (χ1v) is 7.47. The van der Waals surface area contributed by atoms with Gasteiger partial charge in [0.15, 0.2) is 0 Å². The molecule has 0 aromatic heterocycles. The molecule has 120 valence electrons. The highest BCUT2D eigenvalue weighted by atomic mass is 32.2. The van der Waals surface area contributed by atoms with Gasteiger partial charge in [0.2, 0.25) is 0 Å². The van der Waals surface area contributed by atoms with Gasteiger partial charge in [-0.15, -0.1) is 4.33 Å². The van der Waals surface area contributed by atoms with Crippen LogP contribution in [-0.4, -0.2) is 22.6 Å². The fourth-order valence-electron chi connectivity index (χ4n) is 3.38. The van der Waals surface area contributed by atoms with Crippen molar-refractivity contribution in [3.8, 4) is 0 Å². The van der Waals surface area contributed by atoms with Crippen molar-refractivity contribution in [3.63, 3.8) is 0 Å². The first kappa shape index (κ1) is 16.7. The average molecular weight is 324 g/mol. The van der Waals surface area contributed by atoms with Gasteiger partial charge < -0.3 is 4.74 Å². The molecule has 0 heterocycles. The number of rotatable bonds is 7. The van der Waals surface area contributed by atoms with Crippen LogP contribution in [0.1, 0.15) is 32.6 Å². The normalized spacial score (nSPS) is 31.4. The molecule has 2 fully saturated rings. The zero-order valence-corrected chi connectivity index (χ0v) is 12.4. The monoisotopic (exact) mass is 324 g/mol. The summed E-state index contributed by atoms with van der Waals surface area (Å²) < 4.78 is 36.3. The minimum Gasteiger partial charge on any atom is -0.459 e. The van der Waals surface area contributed by atoms with Gasteiger partial charge in [-0.05, 0) is 43.9 Å². The van der Waals surface area contributed by atoms with Crippen molar-refractivity contribution < 1.29 is 32.9 Å². The lowest BCUT2D eigenvalue weighted by molar-refractivity contribution is -0.433. The van der Waals surface area contributed by atoms with Gasteiger partial charge in [0.05, 0.1) is 0 Å². The molecule has 0 radical (unpaired) electrons. The quantitative estimate of drug-likeness (QED) is 0.254. The molecule has 4 atom stereocenters. The SMILES string of the molecule is C=C(C)C(=O)OC1CC2CC1CC2CC(F)(F)SOOO. The van der Waals surface area contributed by atoms with Crippen molar-refractivity contribution in [2.24, 2.45) is 17.8 Å². The van der Waals surface area contributed by atoms with Crippen LogP contribution in [0.2, 0.25) is 0 Å². The molecule has 0 aromatic carbocycles.